The Labute approximate surface area is 191 Å². The van der Waals surface area contributed by atoms with Gasteiger partial charge in [-0.1, -0.05) is 30.7 Å². The maximum Gasteiger partial charge on any atom is 0.191 e. The monoisotopic (exact) mass is 439 g/mol. The summed E-state index contributed by atoms with van der Waals surface area (Å²) in [5.74, 6) is 2.66. The number of nitrogens with one attached hydrogen (secondary N) is 2. The molecule has 0 spiro atoms. The summed E-state index contributed by atoms with van der Waals surface area (Å²) < 4.78 is 7.16. The number of aromatic nitrogens is 3. The minimum absolute atomic E-state index is 0.282. The number of aryl methyl sites for hydroxylation is 1. The van der Waals surface area contributed by atoms with Gasteiger partial charge in [-0.3, -0.25) is 4.90 Å². The van der Waals surface area contributed by atoms with Crippen molar-refractivity contribution in [2.24, 2.45) is 4.99 Å². The fourth-order valence-corrected chi connectivity index (χ4v) is 4.48. The van der Waals surface area contributed by atoms with Crippen molar-refractivity contribution in [3.63, 3.8) is 0 Å². The average Bonchev–Trinajstić information content (AvgIpc) is 3.21. The Morgan fingerprint density at radius 3 is 2.69 bits per heavy atom. The molecule has 2 aliphatic heterocycles. The Hall–Kier alpha value is -2.45. The lowest BCUT2D eigenvalue weighted by molar-refractivity contribution is 0.177. The Bertz CT molecular complexity index is 871. The lowest BCUT2D eigenvalue weighted by Gasteiger charge is -2.26. The topological polar surface area (TPSA) is 79.6 Å². The molecule has 174 valence electrons. The van der Waals surface area contributed by atoms with Crippen LogP contribution >= 0.6 is 0 Å². The summed E-state index contributed by atoms with van der Waals surface area (Å²) in [6.45, 7) is 8.37. The zero-order chi connectivity index (χ0) is 22.2. The molecule has 1 unspecified atom stereocenters. The first-order valence-corrected chi connectivity index (χ1v) is 12.0. The van der Waals surface area contributed by atoms with Crippen molar-refractivity contribution in [2.45, 2.75) is 71.3 Å². The molecule has 1 aromatic heterocycles. The number of likely N-dealkylation sites (tertiary alicyclic amines) is 1. The van der Waals surface area contributed by atoms with Crippen molar-refractivity contribution in [1.29, 1.82) is 0 Å². The van der Waals surface area contributed by atoms with Crippen molar-refractivity contribution in [2.75, 3.05) is 26.7 Å². The van der Waals surface area contributed by atoms with E-state index in [0.717, 1.165) is 50.1 Å². The van der Waals surface area contributed by atoms with Gasteiger partial charge in [-0.05, 0) is 50.4 Å². The van der Waals surface area contributed by atoms with Gasteiger partial charge in [0.25, 0.3) is 0 Å². The van der Waals surface area contributed by atoms with Gasteiger partial charge in [-0.25, -0.2) is 14.7 Å². The van der Waals surface area contributed by atoms with E-state index in [2.05, 4.69) is 56.8 Å². The molecule has 4 rings (SSSR count). The molecule has 1 saturated heterocycles. The standard InChI is InChI=1S/C24H37N7O/c1-3-25-24(27-21-11-12-23-28-22(18-32-2)29-31(23)17-21)26-15-19-7-9-20(10-8-19)16-30-13-5-4-6-14-30/h7-10,21H,3-6,11-18H2,1-2H3,(H2,25,26,27). The van der Waals surface area contributed by atoms with Crippen LogP contribution in [0.5, 0.6) is 0 Å². The summed E-state index contributed by atoms with van der Waals surface area (Å²) in [5, 5.41) is 11.5. The first-order valence-electron chi connectivity index (χ1n) is 12.0. The fraction of sp³-hybridized carbons (Fsp3) is 0.625. The number of piperidine rings is 1. The molecule has 8 heteroatoms. The third-order valence-corrected chi connectivity index (χ3v) is 6.16. The Morgan fingerprint density at radius 1 is 1.16 bits per heavy atom. The van der Waals surface area contributed by atoms with E-state index in [-0.39, 0.29) is 6.04 Å². The molecule has 1 fully saturated rings. The van der Waals surface area contributed by atoms with Crippen molar-refractivity contribution >= 4 is 5.96 Å². The van der Waals surface area contributed by atoms with Crippen LogP contribution in [0.1, 0.15) is 55.4 Å². The van der Waals surface area contributed by atoms with Gasteiger partial charge in [0.2, 0.25) is 0 Å². The molecular weight excluding hydrogens is 402 g/mol. The first-order chi connectivity index (χ1) is 15.7. The van der Waals surface area contributed by atoms with E-state index in [0.29, 0.717) is 13.2 Å². The van der Waals surface area contributed by atoms with Gasteiger partial charge in [0.15, 0.2) is 11.8 Å². The van der Waals surface area contributed by atoms with E-state index in [4.69, 9.17) is 9.73 Å². The number of ether oxygens (including phenoxy) is 1. The molecule has 8 nitrogen and oxygen atoms in total. The van der Waals surface area contributed by atoms with Crippen LogP contribution in [0.25, 0.3) is 0 Å². The van der Waals surface area contributed by atoms with Gasteiger partial charge in [0.05, 0.1) is 13.1 Å². The van der Waals surface area contributed by atoms with Gasteiger partial charge in [0, 0.05) is 32.7 Å². The molecule has 0 radical (unpaired) electrons. The smallest absolute Gasteiger partial charge is 0.191 e. The summed E-state index contributed by atoms with van der Waals surface area (Å²) >= 11 is 0. The van der Waals surface area contributed by atoms with Crippen molar-refractivity contribution < 1.29 is 4.74 Å². The number of aliphatic imine (C=N–C) groups is 1. The molecule has 0 bridgehead atoms. The zero-order valence-corrected chi connectivity index (χ0v) is 19.5. The molecule has 2 aromatic rings. The SMILES string of the molecule is CCNC(=NCc1ccc(CN2CCCCC2)cc1)NC1CCc2nc(COC)nn2C1. The highest BCUT2D eigenvalue weighted by Gasteiger charge is 2.22. The predicted octanol–water partition coefficient (Wildman–Crippen LogP) is 2.48. The molecular formula is C24H37N7O. The van der Waals surface area contributed by atoms with E-state index in [1.807, 2.05) is 4.68 Å². The van der Waals surface area contributed by atoms with Crippen LogP contribution in [0.3, 0.4) is 0 Å². The zero-order valence-electron chi connectivity index (χ0n) is 19.5. The molecule has 0 saturated carbocycles. The van der Waals surface area contributed by atoms with Gasteiger partial charge >= 0.3 is 0 Å². The van der Waals surface area contributed by atoms with E-state index in [9.17, 15) is 0 Å². The van der Waals surface area contributed by atoms with Crippen LogP contribution in [-0.2, 0) is 37.4 Å². The number of nitrogens with zero attached hydrogens (tertiary/aromatic N) is 5. The summed E-state index contributed by atoms with van der Waals surface area (Å²) in [6.07, 6.45) is 5.97. The average molecular weight is 440 g/mol. The second-order valence-electron chi connectivity index (χ2n) is 8.79. The maximum atomic E-state index is 5.16. The number of guanidine groups is 1. The quantitative estimate of drug-likeness (QED) is 0.486. The van der Waals surface area contributed by atoms with Gasteiger partial charge < -0.3 is 15.4 Å². The maximum absolute atomic E-state index is 5.16. The summed E-state index contributed by atoms with van der Waals surface area (Å²) in [5.41, 5.74) is 2.62. The van der Waals surface area contributed by atoms with Gasteiger partial charge in [-0.15, -0.1) is 0 Å². The molecule has 1 aromatic carbocycles. The van der Waals surface area contributed by atoms with E-state index in [1.165, 1.54) is 43.5 Å². The third-order valence-electron chi connectivity index (χ3n) is 6.16. The lowest BCUT2D eigenvalue weighted by Crippen LogP contribution is -2.47. The van der Waals surface area contributed by atoms with Crippen molar-refractivity contribution in [3.05, 3.63) is 47.0 Å². The van der Waals surface area contributed by atoms with Crippen molar-refractivity contribution in [1.82, 2.24) is 30.3 Å². The number of hydrogen-bond acceptors (Lipinski definition) is 5. The van der Waals surface area contributed by atoms with Crippen molar-refractivity contribution in [3.8, 4) is 0 Å². The highest BCUT2D eigenvalue weighted by molar-refractivity contribution is 5.80. The molecule has 2 aliphatic rings. The fourth-order valence-electron chi connectivity index (χ4n) is 4.48. The van der Waals surface area contributed by atoms with E-state index < -0.39 is 0 Å². The molecule has 0 amide bonds. The number of fused-ring (bicyclic) bond motifs is 1. The minimum Gasteiger partial charge on any atom is -0.377 e. The Morgan fingerprint density at radius 2 is 1.94 bits per heavy atom. The van der Waals surface area contributed by atoms with Gasteiger partial charge in [0.1, 0.15) is 12.4 Å². The lowest BCUT2D eigenvalue weighted by atomic mass is 10.1. The highest BCUT2D eigenvalue weighted by Crippen LogP contribution is 2.15. The molecule has 0 aliphatic carbocycles. The number of hydrogen-bond donors (Lipinski definition) is 2. The first kappa shape index (κ1) is 22.7. The summed E-state index contributed by atoms with van der Waals surface area (Å²) in [7, 11) is 1.67. The number of rotatable bonds is 8. The normalized spacial score (nSPS) is 19.6. The molecule has 1 atom stereocenters. The minimum atomic E-state index is 0.282. The van der Waals surface area contributed by atoms with E-state index in [1.54, 1.807) is 7.11 Å². The number of methoxy groups -OCH3 is 1. The van der Waals surface area contributed by atoms with Crippen LogP contribution in [0.2, 0.25) is 0 Å². The second kappa shape index (κ2) is 11.4. The van der Waals surface area contributed by atoms with Crippen LogP contribution < -0.4 is 10.6 Å². The molecule has 3 heterocycles. The Kier molecular flexibility index (Phi) is 8.12. The second-order valence-corrected chi connectivity index (χ2v) is 8.79. The largest absolute Gasteiger partial charge is 0.377 e. The number of benzene rings is 1. The predicted molar refractivity (Wildman–Crippen MR) is 126 cm³/mol. The highest BCUT2D eigenvalue weighted by atomic mass is 16.5. The molecule has 32 heavy (non-hydrogen) atoms. The molecule has 2 N–H and O–H groups in total. The van der Waals surface area contributed by atoms with E-state index >= 15 is 0 Å². The van der Waals surface area contributed by atoms with Crippen LogP contribution in [0.4, 0.5) is 0 Å². The summed E-state index contributed by atoms with van der Waals surface area (Å²) in [4.78, 5) is 12.0. The van der Waals surface area contributed by atoms with Crippen LogP contribution in [0.15, 0.2) is 29.3 Å². The Balaban J connectivity index is 1.31. The van der Waals surface area contributed by atoms with Crippen LogP contribution in [0, 0.1) is 0 Å². The van der Waals surface area contributed by atoms with Crippen LogP contribution in [-0.4, -0.2) is 58.4 Å². The van der Waals surface area contributed by atoms with Gasteiger partial charge in [-0.2, -0.15) is 5.10 Å². The summed E-state index contributed by atoms with van der Waals surface area (Å²) in [6, 6.07) is 9.22. The third kappa shape index (κ3) is 6.29.